The average molecular weight is 267 g/mol. The van der Waals surface area contributed by atoms with Gasteiger partial charge in [0.1, 0.15) is 9.84 Å². The summed E-state index contributed by atoms with van der Waals surface area (Å²) in [5, 5.41) is 0. The molecule has 4 nitrogen and oxygen atoms in total. The number of rotatable bonds is 6. The largest absolute Gasteiger partial charge is 0.375 e. The Balaban J connectivity index is 2.21. The summed E-state index contributed by atoms with van der Waals surface area (Å²) < 4.78 is 28.1. The van der Waals surface area contributed by atoms with Crippen LogP contribution in [0.2, 0.25) is 0 Å². The van der Waals surface area contributed by atoms with Crippen molar-refractivity contribution in [2.75, 3.05) is 29.6 Å². The minimum atomic E-state index is -2.85. The molecule has 1 aliphatic heterocycles. The molecule has 1 heterocycles. The molecule has 6 heteroatoms. The van der Waals surface area contributed by atoms with Crippen LogP contribution >= 0.6 is 11.8 Å². The lowest BCUT2D eigenvalue weighted by atomic mass is 10.1. The fourth-order valence-electron chi connectivity index (χ4n) is 1.62. The van der Waals surface area contributed by atoms with E-state index in [1.807, 2.05) is 11.8 Å². The van der Waals surface area contributed by atoms with Gasteiger partial charge in [0.25, 0.3) is 0 Å². The van der Waals surface area contributed by atoms with Crippen molar-refractivity contribution in [3.05, 3.63) is 0 Å². The maximum absolute atomic E-state index is 11.3. The molecule has 1 rings (SSSR count). The summed E-state index contributed by atoms with van der Waals surface area (Å²) in [5.74, 6) is 2.43. The second kappa shape index (κ2) is 6.83. The van der Waals surface area contributed by atoms with E-state index >= 15 is 0 Å². The Kier molecular flexibility index (Phi) is 6.10. The van der Waals surface area contributed by atoms with E-state index in [-0.39, 0.29) is 23.7 Å². The number of hydrogen-bond acceptors (Lipinski definition) is 5. The van der Waals surface area contributed by atoms with Crippen molar-refractivity contribution >= 4 is 21.6 Å². The molecule has 0 aromatic carbocycles. The maximum Gasteiger partial charge on any atom is 0.150 e. The van der Waals surface area contributed by atoms with Gasteiger partial charge < -0.3 is 10.5 Å². The summed E-state index contributed by atoms with van der Waals surface area (Å²) in [4.78, 5) is 0. The van der Waals surface area contributed by atoms with Gasteiger partial charge in [-0.05, 0) is 12.8 Å². The molecule has 2 atom stereocenters. The SMILES string of the molecule is CCS(=O)(=O)CCCC(N)C1CSCCO1. The molecule has 0 amide bonds. The first kappa shape index (κ1) is 14.3. The highest BCUT2D eigenvalue weighted by Crippen LogP contribution is 2.16. The van der Waals surface area contributed by atoms with E-state index in [1.54, 1.807) is 6.92 Å². The normalized spacial score (nSPS) is 24.2. The summed E-state index contributed by atoms with van der Waals surface area (Å²) in [6.07, 6.45) is 1.47. The number of thioether (sulfide) groups is 1. The van der Waals surface area contributed by atoms with Crippen molar-refractivity contribution in [2.24, 2.45) is 5.73 Å². The summed E-state index contributed by atoms with van der Waals surface area (Å²) in [5.41, 5.74) is 5.99. The van der Waals surface area contributed by atoms with E-state index < -0.39 is 9.84 Å². The number of sulfone groups is 1. The molecule has 2 N–H and O–H groups in total. The van der Waals surface area contributed by atoms with E-state index in [1.165, 1.54) is 0 Å². The summed E-state index contributed by atoms with van der Waals surface area (Å²) in [6, 6.07) is -0.0279. The van der Waals surface area contributed by atoms with Gasteiger partial charge in [-0.15, -0.1) is 0 Å². The standard InChI is InChI=1S/C10H21NO3S2/c1-2-16(12,13)7-3-4-9(11)10-8-15-6-5-14-10/h9-10H,2-8,11H2,1H3. The summed E-state index contributed by atoms with van der Waals surface area (Å²) in [6.45, 7) is 2.44. The molecular weight excluding hydrogens is 246 g/mol. The van der Waals surface area contributed by atoms with Gasteiger partial charge in [-0.3, -0.25) is 0 Å². The van der Waals surface area contributed by atoms with Gasteiger partial charge in [-0.25, -0.2) is 8.42 Å². The van der Waals surface area contributed by atoms with E-state index in [9.17, 15) is 8.42 Å². The molecule has 0 bridgehead atoms. The zero-order chi connectivity index (χ0) is 12.0. The molecule has 0 spiro atoms. The third-order valence-electron chi connectivity index (χ3n) is 2.75. The number of nitrogens with two attached hydrogens (primary N) is 1. The van der Waals surface area contributed by atoms with Crippen LogP contribution in [0.25, 0.3) is 0 Å². The molecular formula is C10H21NO3S2. The summed E-state index contributed by atoms with van der Waals surface area (Å²) in [7, 11) is -2.85. The van der Waals surface area contributed by atoms with Gasteiger partial charge in [-0.1, -0.05) is 6.92 Å². The average Bonchev–Trinajstić information content (AvgIpc) is 2.30. The first-order valence-electron chi connectivity index (χ1n) is 5.70. The van der Waals surface area contributed by atoms with Crippen LogP contribution in [0.15, 0.2) is 0 Å². The Morgan fingerprint density at radius 1 is 1.56 bits per heavy atom. The smallest absolute Gasteiger partial charge is 0.150 e. The third kappa shape index (κ3) is 5.03. The quantitative estimate of drug-likeness (QED) is 0.765. The van der Waals surface area contributed by atoms with Crippen molar-refractivity contribution < 1.29 is 13.2 Å². The zero-order valence-electron chi connectivity index (χ0n) is 9.72. The van der Waals surface area contributed by atoms with Gasteiger partial charge in [-0.2, -0.15) is 11.8 Å². The van der Waals surface area contributed by atoms with Crippen LogP contribution in [0.3, 0.4) is 0 Å². The fourth-order valence-corrected chi connectivity index (χ4v) is 3.47. The molecule has 0 radical (unpaired) electrons. The first-order chi connectivity index (χ1) is 7.55. The lowest BCUT2D eigenvalue weighted by Gasteiger charge is -2.27. The van der Waals surface area contributed by atoms with Crippen LogP contribution in [-0.4, -0.2) is 50.2 Å². The Morgan fingerprint density at radius 3 is 2.88 bits per heavy atom. The first-order valence-corrected chi connectivity index (χ1v) is 8.68. The van der Waals surface area contributed by atoms with E-state index in [0.717, 1.165) is 24.5 Å². The minimum absolute atomic E-state index is 0.0279. The van der Waals surface area contributed by atoms with Gasteiger partial charge in [0, 0.05) is 23.3 Å². The third-order valence-corrected chi connectivity index (χ3v) is 5.56. The fraction of sp³-hybridized carbons (Fsp3) is 1.00. The Morgan fingerprint density at radius 2 is 2.31 bits per heavy atom. The second-order valence-electron chi connectivity index (χ2n) is 4.03. The predicted molar refractivity (Wildman–Crippen MR) is 68.6 cm³/mol. The summed E-state index contributed by atoms with van der Waals surface area (Å²) >= 11 is 1.85. The molecule has 0 saturated carbocycles. The van der Waals surface area contributed by atoms with Gasteiger partial charge in [0.15, 0.2) is 0 Å². The van der Waals surface area contributed by atoms with Crippen molar-refractivity contribution in [1.29, 1.82) is 0 Å². The predicted octanol–water partition coefficient (Wildman–Crippen LogP) is 0.661. The van der Waals surface area contributed by atoms with Crippen LogP contribution in [0, 0.1) is 0 Å². The Bertz CT molecular complexity index is 286. The number of hydrogen-bond donors (Lipinski definition) is 1. The lowest BCUT2D eigenvalue weighted by molar-refractivity contribution is 0.0550. The zero-order valence-corrected chi connectivity index (χ0v) is 11.4. The highest BCUT2D eigenvalue weighted by molar-refractivity contribution is 7.99. The van der Waals surface area contributed by atoms with Crippen molar-refractivity contribution in [3.8, 4) is 0 Å². The molecule has 1 fully saturated rings. The number of ether oxygens (including phenoxy) is 1. The topological polar surface area (TPSA) is 69.4 Å². The highest BCUT2D eigenvalue weighted by Gasteiger charge is 2.21. The molecule has 0 aromatic heterocycles. The highest BCUT2D eigenvalue weighted by atomic mass is 32.2. The van der Waals surface area contributed by atoms with Gasteiger partial charge >= 0.3 is 0 Å². The van der Waals surface area contributed by atoms with Gasteiger partial charge in [0.2, 0.25) is 0 Å². The van der Waals surface area contributed by atoms with Crippen molar-refractivity contribution in [1.82, 2.24) is 0 Å². The van der Waals surface area contributed by atoms with Crippen molar-refractivity contribution in [3.63, 3.8) is 0 Å². The molecule has 96 valence electrons. The second-order valence-corrected chi connectivity index (χ2v) is 7.65. The van der Waals surface area contributed by atoms with E-state index in [4.69, 9.17) is 10.5 Å². The molecule has 16 heavy (non-hydrogen) atoms. The Hall–Kier alpha value is 0.220. The van der Waals surface area contributed by atoms with Crippen molar-refractivity contribution in [2.45, 2.75) is 31.9 Å². The minimum Gasteiger partial charge on any atom is -0.375 e. The van der Waals surface area contributed by atoms with Crippen LogP contribution in [0.4, 0.5) is 0 Å². The van der Waals surface area contributed by atoms with Crippen LogP contribution in [0.5, 0.6) is 0 Å². The van der Waals surface area contributed by atoms with Crippen LogP contribution in [-0.2, 0) is 14.6 Å². The van der Waals surface area contributed by atoms with Crippen LogP contribution in [0.1, 0.15) is 19.8 Å². The molecule has 2 unspecified atom stereocenters. The Labute approximate surface area is 102 Å². The lowest BCUT2D eigenvalue weighted by Crippen LogP contribution is -2.41. The molecule has 0 aliphatic carbocycles. The monoisotopic (exact) mass is 267 g/mol. The molecule has 0 aromatic rings. The van der Waals surface area contributed by atoms with E-state index in [2.05, 4.69) is 0 Å². The van der Waals surface area contributed by atoms with E-state index in [0.29, 0.717) is 6.42 Å². The van der Waals surface area contributed by atoms with Crippen LogP contribution < -0.4 is 5.73 Å². The molecule has 1 saturated heterocycles. The van der Waals surface area contributed by atoms with Gasteiger partial charge in [0.05, 0.1) is 18.5 Å². The maximum atomic E-state index is 11.3. The molecule has 1 aliphatic rings.